The highest BCUT2D eigenvalue weighted by atomic mass is 35.5. The third-order valence-electron chi connectivity index (χ3n) is 4.05. The summed E-state index contributed by atoms with van der Waals surface area (Å²) in [6, 6.07) is 10.8. The second-order valence-electron chi connectivity index (χ2n) is 6.25. The molecule has 0 spiro atoms. The molecule has 156 valence electrons. The van der Waals surface area contributed by atoms with Gasteiger partial charge in [0.25, 0.3) is 10.0 Å². The molecule has 0 radical (unpaired) electrons. The minimum atomic E-state index is -3.91. The van der Waals surface area contributed by atoms with Crippen LogP contribution in [0.3, 0.4) is 0 Å². The van der Waals surface area contributed by atoms with E-state index in [0.29, 0.717) is 27.9 Å². The van der Waals surface area contributed by atoms with Gasteiger partial charge in [-0.05, 0) is 43.3 Å². The molecule has 8 nitrogen and oxygen atoms in total. The first-order valence-electron chi connectivity index (χ1n) is 8.72. The summed E-state index contributed by atoms with van der Waals surface area (Å²) in [5, 5.41) is 11.9. The number of aryl methyl sites for hydroxylation is 1. The van der Waals surface area contributed by atoms with Gasteiger partial charge >= 0.3 is 0 Å². The van der Waals surface area contributed by atoms with E-state index in [-0.39, 0.29) is 21.3 Å². The van der Waals surface area contributed by atoms with Crippen LogP contribution in [0, 0.1) is 18.3 Å². The van der Waals surface area contributed by atoms with E-state index in [1.54, 1.807) is 30.5 Å². The number of rotatable bonds is 6. The minimum Gasteiger partial charge on any atom is -0.455 e. The molecule has 0 aliphatic carbocycles. The quantitative estimate of drug-likeness (QED) is 0.408. The number of hydrogen-bond acceptors (Lipinski definition) is 8. The maximum Gasteiger partial charge on any atom is 0.263 e. The first-order chi connectivity index (χ1) is 14.9. The van der Waals surface area contributed by atoms with Crippen LogP contribution in [0.4, 0.5) is 5.13 Å². The van der Waals surface area contributed by atoms with Crippen LogP contribution in [-0.4, -0.2) is 18.4 Å². The van der Waals surface area contributed by atoms with Crippen LogP contribution in [0.25, 0.3) is 11.5 Å². The molecule has 0 saturated heterocycles. The van der Waals surface area contributed by atoms with Crippen LogP contribution in [0.2, 0.25) is 5.02 Å². The lowest BCUT2D eigenvalue weighted by atomic mass is 10.2. The number of aromatic nitrogens is 2. The average molecular weight is 473 g/mol. The van der Waals surface area contributed by atoms with Crippen molar-refractivity contribution in [1.82, 2.24) is 9.97 Å². The van der Waals surface area contributed by atoms with Gasteiger partial charge in [0.15, 0.2) is 5.13 Å². The van der Waals surface area contributed by atoms with Crippen LogP contribution in [0.15, 0.2) is 63.6 Å². The molecule has 0 aliphatic heterocycles. The number of halogens is 1. The van der Waals surface area contributed by atoms with E-state index >= 15 is 0 Å². The Bertz CT molecular complexity index is 1390. The fourth-order valence-corrected chi connectivity index (χ4v) is 4.64. The zero-order valence-corrected chi connectivity index (χ0v) is 18.3. The van der Waals surface area contributed by atoms with Gasteiger partial charge in [-0.2, -0.15) is 5.26 Å². The maximum atomic E-state index is 12.6. The van der Waals surface area contributed by atoms with Gasteiger partial charge in [-0.25, -0.2) is 18.4 Å². The molecular formula is C20H13ClN4O4S2. The molecule has 0 amide bonds. The van der Waals surface area contributed by atoms with Crippen LogP contribution >= 0.6 is 22.9 Å². The summed E-state index contributed by atoms with van der Waals surface area (Å²) in [6.07, 6.45) is 2.98. The van der Waals surface area contributed by atoms with Gasteiger partial charge in [0, 0.05) is 16.6 Å². The Morgan fingerprint density at radius 2 is 2.03 bits per heavy atom. The fourth-order valence-electron chi connectivity index (χ4n) is 2.65. The summed E-state index contributed by atoms with van der Waals surface area (Å²) < 4.78 is 38.9. The Kier molecular flexibility index (Phi) is 5.65. The Morgan fingerprint density at radius 1 is 1.23 bits per heavy atom. The lowest BCUT2D eigenvalue weighted by Gasteiger charge is -2.12. The smallest absolute Gasteiger partial charge is 0.263 e. The van der Waals surface area contributed by atoms with Gasteiger partial charge in [-0.3, -0.25) is 4.72 Å². The molecule has 11 heteroatoms. The lowest BCUT2D eigenvalue weighted by molar-refractivity contribution is 0.478. The second kappa shape index (κ2) is 8.39. The molecule has 2 aromatic carbocycles. The van der Waals surface area contributed by atoms with Crippen LogP contribution in [0.5, 0.6) is 11.5 Å². The van der Waals surface area contributed by atoms with Gasteiger partial charge in [0.2, 0.25) is 5.89 Å². The van der Waals surface area contributed by atoms with E-state index in [4.69, 9.17) is 20.8 Å². The van der Waals surface area contributed by atoms with Crippen molar-refractivity contribution in [1.29, 1.82) is 5.26 Å². The SMILES string of the molecule is Cc1coc(-c2cc(Cl)ccc2Oc2ccc(S(=O)(=O)Nc3nccs3)cc2C#N)n1. The highest BCUT2D eigenvalue weighted by Gasteiger charge is 2.20. The van der Waals surface area contributed by atoms with E-state index < -0.39 is 10.0 Å². The summed E-state index contributed by atoms with van der Waals surface area (Å²) in [7, 11) is -3.91. The number of benzene rings is 2. The topological polar surface area (TPSA) is 118 Å². The number of oxazole rings is 1. The van der Waals surface area contributed by atoms with Crippen LogP contribution in [-0.2, 0) is 10.0 Å². The molecule has 0 fully saturated rings. The van der Waals surface area contributed by atoms with Crippen molar-refractivity contribution in [3.8, 4) is 29.0 Å². The number of nitrogens with one attached hydrogen (secondary N) is 1. The largest absolute Gasteiger partial charge is 0.455 e. The molecule has 2 aromatic heterocycles. The summed E-state index contributed by atoms with van der Waals surface area (Å²) in [4.78, 5) is 8.10. The van der Waals surface area contributed by atoms with Crippen molar-refractivity contribution in [3.63, 3.8) is 0 Å². The molecule has 1 N–H and O–H groups in total. The molecule has 4 aromatic rings. The van der Waals surface area contributed by atoms with Crippen molar-refractivity contribution < 1.29 is 17.6 Å². The summed E-state index contributed by atoms with van der Waals surface area (Å²) in [5.41, 5.74) is 1.21. The Labute approximate surface area is 186 Å². The molecule has 0 unspecified atom stereocenters. The number of anilines is 1. The lowest BCUT2D eigenvalue weighted by Crippen LogP contribution is -2.13. The highest BCUT2D eigenvalue weighted by Crippen LogP contribution is 2.36. The molecule has 0 aliphatic rings. The Morgan fingerprint density at radius 3 is 2.71 bits per heavy atom. The molecule has 2 heterocycles. The maximum absolute atomic E-state index is 12.6. The zero-order valence-electron chi connectivity index (χ0n) is 15.9. The first kappa shape index (κ1) is 20.9. The zero-order chi connectivity index (χ0) is 22.0. The van der Waals surface area contributed by atoms with E-state index in [1.165, 1.54) is 30.7 Å². The highest BCUT2D eigenvalue weighted by molar-refractivity contribution is 7.93. The summed E-state index contributed by atoms with van der Waals surface area (Å²) in [5.74, 6) is 0.821. The van der Waals surface area contributed by atoms with Gasteiger partial charge in [-0.15, -0.1) is 11.3 Å². The van der Waals surface area contributed by atoms with Gasteiger partial charge < -0.3 is 9.15 Å². The predicted molar refractivity (Wildman–Crippen MR) is 116 cm³/mol. The molecule has 4 rings (SSSR count). The number of nitrogens with zero attached hydrogens (tertiary/aromatic N) is 3. The van der Waals surface area contributed by atoms with Crippen LogP contribution < -0.4 is 9.46 Å². The van der Waals surface area contributed by atoms with Crippen molar-refractivity contribution in [2.24, 2.45) is 0 Å². The molecule has 0 atom stereocenters. The molecule has 31 heavy (non-hydrogen) atoms. The van der Waals surface area contributed by atoms with Crippen molar-refractivity contribution in [3.05, 3.63) is 70.5 Å². The van der Waals surface area contributed by atoms with Crippen molar-refractivity contribution >= 4 is 38.1 Å². The standard InChI is InChI=1S/C20H13ClN4O4S2/c1-12-11-28-19(24-12)16-9-14(21)2-4-18(16)29-17-5-3-15(8-13(17)10-22)31(26,27)25-20-23-6-7-30-20/h2-9,11H,1H3,(H,23,25). The average Bonchev–Trinajstić information content (AvgIpc) is 3.40. The Hall–Kier alpha value is -3.39. The third-order valence-corrected chi connectivity index (χ3v) is 6.44. The summed E-state index contributed by atoms with van der Waals surface area (Å²) in [6.45, 7) is 1.78. The van der Waals surface area contributed by atoms with Crippen LogP contribution in [0.1, 0.15) is 11.3 Å². The first-order valence-corrected chi connectivity index (χ1v) is 11.5. The predicted octanol–water partition coefficient (Wildman–Crippen LogP) is 5.22. The number of hydrogen-bond donors (Lipinski definition) is 1. The van der Waals surface area contributed by atoms with E-state index in [0.717, 1.165) is 11.3 Å². The minimum absolute atomic E-state index is 0.0338. The summed E-state index contributed by atoms with van der Waals surface area (Å²) >= 11 is 7.25. The number of nitriles is 1. The van der Waals surface area contributed by atoms with E-state index in [1.807, 2.05) is 6.07 Å². The van der Waals surface area contributed by atoms with Gasteiger partial charge in [-0.1, -0.05) is 11.6 Å². The van der Waals surface area contributed by atoms with E-state index in [9.17, 15) is 13.7 Å². The van der Waals surface area contributed by atoms with Gasteiger partial charge in [0.05, 0.1) is 21.7 Å². The molecular weight excluding hydrogens is 460 g/mol. The number of ether oxygens (including phenoxy) is 1. The third kappa shape index (κ3) is 4.54. The van der Waals surface area contributed by atoms with E-state index in [2.05, 4.69) is 14.7 Å². The van der Waals surface area contributed by atoms with Crippen molar-refractivity contribution in [2.45, 2.75) is 11.8 Å². The normalized spacial score (nSPS) is 11.1. The second-order valence-corrected chi connectivity index (χ2v) is 9.26. The number of sulfonamides is 1. The van der Waals surface area contributed by atoms with Gasteiger partial charge in [0.1, 0.15) is 23.8 Å². The Balaban J connectivity index is 1.68. The fraction of sp³-hybridized carbons (Fsp3) is 0.0500. The van der Waals surface area contributed by atoms with Crippen molar-refractivity contribution in [2.75, 3.05) is 4.72 Å². The molecule has 0 saturated carbocycles. The number of thiazole rings is 1. The monoisotopic (exact) mass is 472 g/mol. The molecule has 0 bridgehead atoms.